The van der Waals surface area contributed by atoms with Gasteiger partial charge in [0.2, 0.25) is 0 Å². The van der Waals surface area contributed by atoms with Crippen molar-refractivity contribution in [2.75, 3.05) is 13.7 Å². The molecule has 0 saturated heterocycles. The fourth-order valence-electron chi connectivity index (χ4n) is 1.75. The van der Waals surface area contributed by atoms with E-state index in [-0.39, 0.29) is 18.6 Å². The Bertz CT molecular complexity index is 474. The second-order valence-electron chi connectivity index (χ2n) is 4.09. The fourth-order valence-corrected chi connectivity index (χ4v) is 1.75. The molecular formula is C13H15F4NO2. The van der Waals surface area contributed by atoms with E-state index in [9.17, 15) is 22.4 Å². The summed E-state index contributed by atoms with van der Waals surface area (Å²) in [6.45, 7) is 1.82. The van der Waals surface area contributed by atoms with E-state index in [0.717, 1.165) is 6.07 Å². The number of ether oxygens (including phenoxy) is 1. The van der Waals surface area contributed by atoms with Crippen molar-refractivity contribution in [3.8, 4) is 0 Å². The summed E-state index contributed by atoms with van der Waals surface area (Å²) in [5.41, 5.74) is -1.17. The molecule has 1 N–H and O–H groups in total. The second kappa shape index (κ2) is 6.69. The molecule has 1 atom stereocenters. The maximum Gasteiger partial charge on any atom is 0.419 e. The quantitative estimate of drug-likeness (QED) is 0.670. The molecule has 0 fully saturated rings. The molecule has 0 radical (unpaired) electrons. The van der Waals surface area contributed by atoms with Crippen LogP contribution < -0.4 is 5.32 Å². The molecular weight excluding hydrogens is 278 g/mol. The SMILES string of the molecule is CCOC(=O)CC(NC)c1ccc(F)c(C(F)(F)F)c1. The number of carbonyl (C=O) groups excluding carboxylic acids is 1. The molecule has 0 bridgehead atoms. The van der Waals surface area contributed by atoms with Crippen molar-refractivity contribution in [3.63, 3.8) is 0 Å². The maximum absolute atomic E-state index is 13.2. The lowest BCUT2D eigenvalue weighted by atomic mass is 10.0. The summed E-state index contributed by atoms with van der Waals surface area (Å²) < 4.78 is 55.8. The Labute approximate surface area is 113 Å². The Kier molecular flexibility index (Phi) is 5.50. The molecule has 0 heterocycles. The average molecular weight is 293 g/mol. The van der Waals surface area contributed by atoms with Crippen molar-refractivity contribution in [2.24, 2.45) is 0 Å². The van der Waals surface area contributed by atoms with Crippen LogP contribution in [0.1, 0.15) is 30.5 Å². The zero-order chi connectivity index (χ0) is 15.3. The van der Waals surface area contributed by atoms with E-state index in [4.69, 9.17) is 4.74 Å². The highest BCUT2D eigenvalue weighted by Gasteiger charge is 2.34. The van der Waals surface area contributed by atoms with Gasteiger partial charge >= 0.3 is 12.1 Å². The number of alkyl halides is 3. The molecule has 1 aromatic carbocycles. The summed E-state index contributed by atoms with van der Waals surface area (Å²) in [7, 11) is 1.50. The van der Waals surface area contributed by atoms with Crippen LogP contribution in [0.25, 0.3) is 0 Å². The molecule has 1 rings (SSSR count). The third kappa shape index (κ3) is 4.19. The fraction of sp³-hybridized carbons (Fsp3) is 0.462. The van der Waals surface area contributed by atoms with Gasteiger partial charge in [0.25, 0.3) is 0 Å². The largest absolute Gasteiger partial charge is 0.466 e. The highest BCUT2D eigenvalue weighted by atomic mass is 19.4. The predicted molar refractivity (Wildman–Crippen MR) is 64.5 cm³/mol. The molecule has 20 heavy (non-hydrogen) atoms. The maximum atomic E-state index is 13.2. The first-order valence-corrected chi connectivity index (χ1v) is 5.99. The summed E-state index contributed by atoms with van der Waals surface area (Å²) in [6.07, 6.45) is -4.91. The van der Waals surface area contributed by atoms with Gasteiger partial charge < -0.3 is 10.1 Å². The number of esters is 1. The van der Waals surface area contributed by atoms with Crippen LogP contribution in [0.2, 0.25) is 0 Å². The van der Waals surface area contributed by atoms with Crippen molar-refractivity contribution in [1.29, 1.82) is 0 Å². The van der Waals surface area contributed by atoms with Gasteiger partial charge in [0.15, 0.2) is 0 Å². The monoisotopic (exact) mass is 293 g/mol. The molecule has 0 spiro atoms. The Balaban J connectivity index is 3.02. The Hall–Kier alpha value is -1.63. The van der Waals surface area contributed by atoms with E-state index in [0.29, 0.717) is 6.07 Å². The first kappa shape index (κ1) is 16.4. The van der Waals surface area contributed by atoms with E-state index >= 15 is 0 Å². The Morgan fingerprint density at radius 3 is 2.55 bits per heavy atom. The van der Waals surface area contributed by atoms with Crippen molar-refractivity contribution in [2.45, 2.75) is 25.6 Å². The van der Waals surface area contributed by atoms with Gasteiger partial charge in [0.05, 0.1) is 18.6 Å². The number of halogens is 4. The van der Waals surface area contributed by atoms with Gasteiger partial charge in [0.1, 0.15) is 5.82 Å². The van der Waals surface area contributed by atoms with Gasteiger partial charge in [-0.05, 0) is 31.7 Å². The van der Waals surface area contributed by atoms with Crippen LogP contribution in [0.5, 0.6) is 0 Å². The van der Waals surface area contributed by atoms with Crippen LogP contribution in [0.3, 0.4) is 0 Å². The normalized spacial score (nSPS) is 13.1. The first-order chi connectivity index (χ1) is 9.29. The Morgan fingerprint density at radius 2 is 2.05 bits per heavy atom. The highest BCUT2D eigenvalue weighted by molar-refractivity contribution is 5.70. The van der Waals surface area contributed by atoms with Crippen LogP contribution in [-0.2, 0) is 15.7 Å². The standard InChI is InChI=1S/C13H15F4NO2/c1-3-20-12(19)7-11(18-2)8-4-5-10(14)9(6-8)13(15,16)17/h4-6,11,18H,3,7H2,1-2H3. The second-order valence-corrected chi connectivity index (χ2v) is 4.09. The summed E-state index contributed by atoms with van der Waals surface area (Å²) in [5, 5.41) is 2.72. The minimum atomic E-state index is -4.78. The van der Waals surface area contributed by atoms with E-state index in [2.05, 4.69) is 5.32 Å². The van der Waals surface area contributed by atoms with E-state index in [1.165, 1.54) is 13.1 Å². The van der Waals surface area contributed by atoms with Crippen LogP contribution in [0, 0.1) is 5.82 Å². The minimum Gasteiger partial charge on any atom is -0.466 e. The van der Waals surface area contributed by atoms with Gasteiger partial charge in [-0.15, -0.1) is 0 Å². The Morgan fingerprint density at radius 1 is 1.40 bits per heavy atom. The van der Waals surface area contributed by atoms with Crippen molar-refractivity contribution < 1.29 is 27.1 Å². The van der Waals surface area contributed by atoms with Crippen LogP contribution >= 0.6 is 0 Å². The number of nitrogens with one attached hydrogen (secondary N) is 1. The van der Waals surface area contributed by atoms with Crippen molar-refractivity contribution in [1.82, 2.24) is 5.32 Å². The first-order valence-electron chi connectivity index (χ1n) is 5.99. The summed E-state index contributed by atoms with van der Waals surface area (Å²) in [5.74, 6) is -1.88. The average Bonchev–Trinajstić information content (AvgIpc) is 2.35. The molecule has 1 aromatic rings. The third-order valence-corrected chi connectivity index (χ3v) is 2.72. The molecule has 112 valence electrons. The molecule has 7 heteroatoms. The lowest BCUT2D eigenvalue weighted by molar-refractivity contribution is -0.143. The minimum absolute atomic E-state index is 0.132. The van der Waals surface area contributed by atoms with E-state index < -0.39 is 29.6 Å². The van der Waals surface area contributed by atoms with Gasteiger partial charge in [-0.25, -0.2) is 4.39 Å². The zero-order valence-electron chi connectivity index (χ0n) is 11.1. The molecule has 0 aliphatic carbocycles. The topological polar surface area (TPSA) is 38.3 Å². The molecule has 0 aliphatic rings. The van der Waals surface area contributed by atoms with Gasteiger partial charge in [-0.3, -0.25) is 4.79 Å². The lowest BCUT2D eigenvalue weighted by Crippen LogP contribution is -2.22. The molecule has 3 nitrogen and oxygen atoms in total. The van der Waals surface area contributed by atoms with Crippen molar-refractivity contribution in [3.05, 3.63) is 35.1 Å². The molecule has 0 saturated carbocycles. The number of carbonyl (C=O) groups is 1. The molecule has 1 unspecified atom stereocenters. The number of hydrogen-bond donors (Lipinski definition) is 1. The molecule has 0 aromatic heterocycles. The number of rotatable bonds is 5. The summed E-state index contributed by atoms with van der Waals surface area (Å²) in [6, 6.07) is 1.99. The number of benzene rings is 1. The third-order valence-electron chi connectivity index (χ3n) is 2.72. The van der Waals surface area contributed by atoms with Crippen LogP contribution in [0.4, 0.5) is 17.6 Å². The van der Waals surface area contributed by atoms with E-state index in [1.807, 2.05) is 0 Å². The van der Waals surface area contributed by atoms with Crippen LogP contribution in [0.15, 0.2) is 18.2 Å². The van der Waals surface area contributed by atoms with E-state index in [1.54, 1.807) is 6.92 Å². The summed E-state index contributed by atoms with van der Waals surface area (Å²) in [4.78, 5) is 11.4. The molecule has 0 amide bonds. The lowest BCUT2D eigenvalue weighted by Gasteiger charge is -2.17. The van der Waals surface area contributed by atoms with Gasteiger partial charge in [0, 0.05) is 6.04 Å². The summed E-state index contributed by atoms with van der Waals surface area (Å²) >= 11 is 0. The highest BCUT2D eigenvalue weighted by Crippen LogP contribution is 2.33. The van der Waals surface area contributed by atoms with Gasteiger partial charge in [-0.1, -0.05) is 6.07 Å². The predicted octanol–water partition coefficient (Wildman–Crippen LogP) is 3.06. The molecule has 0 aliphatic heterocycles. The van der Waals surface area contributed by atoms with Crippen LogP contribution in [-0.4, -0.2) is 19.6 Å². The van der Waals surface area contributed by atoms with Gasteiger partial charge in [-0.2, -0.15) is 13.2 Å². The smallest absolute Gasteiger partial charge is 0.419 e. The number of hydrogen-bond acceptors (Lipinski definition) is 3. The van der Waals surface area contributed by atoms with Crippen molar-refractivity contribution >= 4 is 5.97 Å². The zero-order valence-corrected chi connectivity index (χ0v) is 11.1.